The number of fused-ring (bicyclic) bond motifs is 1. The molecule has 0 aliphatic heterocycles. The molecule has 0 fully saturated rings. The number of rotatable bonds is 8. The van der Waals surface area contributed by atoms with Gasteiger partial charge in [0.1, 0.15) is 5.52 Å². The minimum absolute atomic E-state index is 0.158. The van der Waals surface area contributed by atoms with Crippen LogP contribution in [0.3, 0.4) is 0 Å². The number of esters is 1. The molecule has 2 amide bonds. The lowest BCUT2D eigenvalue weighted by Crippen LogP contribution is -2.38. The fourth-order valence-corrected chi connectivity index (χ4v) is 1.84. The lowest BCUT2D eigenvalue weighted by atomic mass is 10.3. The average Bonchev–Trinajstić information content (AvgIpc) is 3.04. The maximum atomic E-state index is 11.6. The summed E-state index contributed by atoms with van der Waals surface area (Å²) in [5.41, 5.74) is 1.28. The van der Waals surface area contributed by atoms with Gasteiger partial charge in [-0.2, -0.15) is 0 Å². The molecule has 0 bridgehead atoms. The van der Waals surface area contributed by atoms with Gasteiger partial charge in [-0.25, -0.2) is 9.78 Å². The predicted molar refractivity (Wildman–Crippen MR) is 90.3 cm³/mol. The summed E-state index contributed by atoms with van der Waals surface area (Å²) in [5, 5.41) is 4.97. The minimum atomic E-state index is -0.715. The maximum Gasteiger partial charge on any atom is 0.331 e. The van der Waals surface area contributed by atoms with Gasteiger partial charge in [0, 0.05) is 18.7 Å². The third-order valence-corrected chi connectivity index (χ3v) is 3.04. The number of nitrogens with zero attached hydrogens (tertiary/aromatic N) is 1. The third-order valence-electron chi connectivity index (χ3n) is 3.04. The molecule has 2 N–H and O–H groups in total. The number of oxazole rings is 1. The molecule has 0 saturated heterocycles. The second-order valence-electron chi connectivity index (χ2n) is 5.09. The van der Waals surface area contributed by atoms with Gasteiger partial charge in [0.25, 0.3) is 5.91 Å². The van der Waals surface area contributed by atoms with E-state index in [1.165, 1.54) is 6.08 Å². The van der Waals surface area contributed by atoms with Crippen molar-refractivity contribution >= 4 is 35.0 Å². The topological polar surface area (TPSA) is 111 Å². The summed E-state index contributed by atoms with van der Waals surface area (Å²) in [7, 11) is 0. The minimum Gasteiger partial charge on any atom is -0.452 e. The Hall–Kier alpha value is -3.16. The molecule has 1 aromatic carbocycles. The van der Waals surface area contributed by atoms with E-state index in [0.717, 1.165) is 12.5 Å². The Morgan fingerprint density at radius 2 is 2.00 bits per heavy atom. The number of amides is 2. The van der Waals surface area contributed by atoms with Crippen LogP contribution in [0.25, 0.3) is 17.2 Å². The van der Waals surface area contributed by atoms with E-state index in [1.807, 2.05) is 19.1 Å². The zero-order valence-corrected chi connectivity index (χ0v) is 13.8. The van der Waals surface area contributed by atoms with Gasteiger partial charge in [-0.3, -0.25) is 9.59 Å². The van der Waals surface area contributed by atoms with Crippen molar-refractivity contribution in [1.29, 1.82) is 0 Å². The molecule has 8 heteroatoms. The van der Waals surface area contributed by atoms with Crippen LogP contribution in [0.4, 0.5) is 0 Å². The highest BCUT2D eigenvalue weighted by atomic mass is 16.5. The van der Waals surface area contributed by atoms with E-state index < -0.39 is 18.5 Å². The molecule has 0 unspecified atom stereocenters. The molecule has 0 radical (unpaired) electrons. The Labute approximate surface area is 144 Å². The number of carbonyl (C=O) groups is 3. The molecule has 25 heavy (non-hydrogen) atoms. The summed E-state index contributed by atoms with van der Waals surface area (Å²) in [6, 6.07) is 7.19. The first-order chi connectivity index (χ1) is 12.1. The van der Waals surface area contributed by atoms with Gasteiger partial charge in [0.2, 0.25) is 11.8 Å². The SMILES string of the molecule is CCCNC(=O)CNC(=O)COC(=O)/C=C/c1nc2ccccc2o1. The number of para-hydroxylation sites is 2. The van der Waals surface area contributed by atoms with Crippen molar-refractivity contribution in [2.45, 2.75) is 13.3 Å². The normalized spacial score (nSPS) is 10.8. The Balaban J connectivity index is 1.72. The molecule has 2 aromatic rings. The highest BCUT2D eigenvalue weighted by molar-refractivity contribution is 5.90. The summed E-state index contributed by atoms with van der Waals surface area (Å²) in [6.07, 6.45) is 3.29. The lowest BCUT2D eigenvalue weighted by Gasteiger charge is -2.05. The second-order valence-corrected chi connectivity index (χ2v) is 5.09. The molecule has 0 saturated carbocycles. The molecule has 0 aliphatic carbocycles. The van der Waals surface area contributed by atoms with Crippen LogP contribution in [0, 0.1) is 0 Å². The number of nitrogens with one attached hydrogen (secondary N) is 2. The van der Waals surface area contributed by atoms with Crippen molar-refractivity contribution in [1.82, 2.24) is 15.6 Å². The molecular formula is C17H19N3O5. The Bertz CT molecular complexity index is 748. The Morgan fingerprint density at radius 3 is 2.76 bits per heavy atom. The van der Waals surface area contributed by atoms with Gasteiger partial charge in [0.15, 0.2) is 12.2 Å². The number of hydrogen-bond acceptors (Lipinski definition) is 6. The standard InChI is InChI=1S/C17H19N3O5/c1-2-9-18-14(21)10-19-15(22)11-24-17(23)8-7-16-20-12-5-3-4-6-13(12)25-16/h3-8H,2,9-11H2,1H3,(H,18,21)(H,19,22)/b8-7+. The van der Waals surface area contributed by atoms with Crippen LogP contribution in [0.1, 0.15) is 19.2 Å². The zero-order valence-electron chi connectivity index (χ0n) is 13.8. The molecule has 132 valence electrons. The van der Waals surface area contributed by atoms with Crippen molar-refractivity contribution in [3.63, 3.8) is 0 Å². The molecule has 0 atom stereocenters. The van der Waals surface area contributed by atoms with Gasteiger partial charge in [-0.1, -0.05) is 19.1 Å². The van der Waals surface area contributed by atoms with Crippen LogP contribution in [0.2, 0.25) is 0 Å². The molecule has 1 heterocycles. The Kier molecular flexibility index (Phi) is 6.70. The quantitative estimate of drug-likeness (QED) is 0.546. The molecule has 0 aliphatic rings. The molecule has 0 spiro atoms. The van der Waals surface area contributed by atoms with Crippen LogP contribution in [0.15, 0.2) is 34.8 Å². The van der Waals surface area contributed by atoms with Crippen LogP contribution in [-0.2, 0) is 19.1 Å². The van der Waals surface area contributed by atoms with Gasteiger partial charge in [0.05, 0.1) is 6.54 Å². The van der Waals surface area contributed by atoms with Gasteiger partial charge < -0.3 is 19.8 Å². The number of hydrogen-bond donors (Lipinski definition) is 2. The fraction of sp³-hybridized carbons (Fsp3) is 0.294. The van der Waals surface area contributed by atoms with Gasteiger partial charge in [-0.05, 0) is 18.6 Å². The lowest BCUT2D eigenvalue weighted by molar-refractivity contribution is -0.143. The van der Waals surface area contributed by atoms with E-state index in [0.29, 0.717) is 17.6 Å². The van der Waals surface area contributed by atoms with Crippen LogP contribution in [0.5, 0.6) is 0 Å². The van der Waals surface area contributed by atoms with Crippen LogP contribution >= 0.6 is 0 Å². The largest absolute Gasteiger partial charge is 0.452 e. The van der Waals surface area contributed by atoms with E-state index in [2.05, 4.69) is 15.6 Å². The Morgan fingerprint density at radius 1 is 1.20 bits per heavy atom. The highest BCUT2D eigenvalue weighted by Crippen LogP contribution is 2.15. The van der Waals surface area contributed by atoms with E-state index in [-0.39, 0.29) is 18.3 Å². The van der Waals surface area contributed by atoms with Crippen molar-refractivity contribution in [3.05, 3.63) is 36.2 Å². The summed E-state index contributed by atoms with van der Waals surface area (Å²) in [6.45, 7) is 1.84. The highest BCUT2D eigenvalue weighted by Gasteiger charge is 2.08. The van der Waals surface area contributed by atoms with Crippen molar-refractivity contribution in [2.75, 3.05) is 19.7 Å². The van der Waals surface area contributed by atoms with Gasteiger partial charge in [-0.15, -0.1) is 0 Å². The van der Waals surface area contributed by atoms with Gasteiger partial charge >= 0.3 is 5.97 Å². The molecular weight excluding hydrogens is 326 g/mol. The predicted octanol–water partition coefficient (Wildman–Crippen LogP) is 1.03. The number of aromatic nitrogens is 1. The second kappa shape index (κ2) is 9.21. The number of ether oxygens (including phenoxy) is 1. The van der Waals surface area contributed by atoms with E-state index in [4.69, 9.17) is 9.15 Å². The first kappa shape index (κ1) is 18.2. The molecule has 2 rings (SSSR count). The van der Waals surface area contributed by atoms with Crippen molar-refractivity contribution in [3.8, 4) is 0 Å². The smallest absolute Gasteiger partial charge is 0.331 e. The fourth-order valence-electron chi connectivity index (χ4n) is 1.84. The van der Waals surface area contributed by atoms with Crippen LogP contribution < -0.4 is 10.6 Å². The number of benzene rings is 1. The molecule has 8 nitrogen and oxygen atoms in total. The van der Waals surface area contributed by atoms with Crippen molar-refractivity contribution < 1.29 is 23.5 Å². The summed E-state index contributed by atoms with van der Waals surface area (Å²) >= 11 is 0. The summed E-state index contributed by atoms with van der Waals surface area (Å²) in [4.78, 5) is 38.6. The summed E-state index contributed by atoms with van der Waals surface area (Å²) < 4.78 is 10.2. The first-order valence-corrected chi connectivity index (χ1v) is 7.82. The first-order valence-electron chi connectivity index (χ1n) is 7.82. The third kappa shape index (κ3) is 6.09. The van der Waals surface area contributed by atoms with Crippen molar-refractivity contribution in [2.24, 2.45) is 0 Å². The van der Waals surface area contributed by atoms with E-state index >= 15 is 0 Å². The number of carbonyl (C=O) groups excluding carboxylic acids is 3. The maximum absolute atomic E-state index is 11.6. The van der Waals surface area contributed by atoms with E-state index in [1.54, 1.807) is 12.1 Å². The summed E-state index contributed by atoms with van der Waals surface area (Å²) in [5.74, 6) is -1.31. The monoisotopic (exact) mass is 345 g/mol. The zero-order chi connectivity index (χ0) is 18.1. The molecule has 1 aromatic heterocycles. The van der Waals surface area contributed by atoms with Crippen LogP contribution in [-0.4, -0.2) is 42.5 Å². The van der Waals surface area contributed by atoms with E-state index in [9.17, 15) is 14.4 Å². The average molecular weight is 345 g/mol.